The van der Waals surface area contributed by atoms with Gasteiger partial charge in [0.15, 0.2) is 0 Å². The fourth-order valence-electron chi connectivity index (χ4n) is 6.42. The van der Waals surface area contributed by atoms with Crippen LogP contribution in [0.25, 0.3) is 39.3 Å². The summed E-state index contributed by atoms with van der Waals surface area (Å²) in [6.07, 6.45) is 3.43. The number of allylic oxidation sites excluding steroid dienone is 1. The van der Waals surface area contributed by atoms with Gasteiger partial charge in [-0.15, -0.1) is 0 Å². The molecule has 42 heavy (non-hydrogen) atoms. The number of fused-ring (bicyclic) bond motifs is 8. The molecular formula is C34H38N4O4. The zero-order valence-corrected chi connectivity index (χ0v) is 25.4. The van der Waals surface area contributed by atoms with Crippen molar-refractivity contribution < 1.29 is 19.4 Å². The highest BCUT2D eigenvalue weighted by Gasteiger charge is 2.33. The van der Waals surface area contributed by atoms with Crippen LogP contribution in [-0.4, -0.2) is 44.1 Å². The molecule has 8 bridgehead atoms. The van der Waals surface area contributed by atoms with E-state index in [1.165, 1.54) is 7.11 Å². The molecule has 0 amide bonds. The maximum absolute atomic E-state index is 12.6. The zero-order chi connectivity index (χ0) is 30.5. The third-order valence-electron chi connectivity index (χ3n) is 8.98. The van der Waals surface area contributed by atoms with Crippen LogP contribution in [0.5, 0.6) is 0 Å². The lowest BCUT2D eigenvalue weighted by molar-refractivity contribution is -0.140. The Morgan fingerprint density at radius 3 is 2.33 bits per heavy atom. The van der Waals surface area contributed by atoms with E-state index in [4.69, 9.17) is 14.7 Å². The Hall–Kier alpha value is -4.46. The van der Waals surface area contributed by atoms with E-state index >= 15 is 0 Å². The normalized spacial score (nSPS) is 16.5. The van der Waals surface area contributed by atoms with Gasteiger partial charge in [-0.05, 0) is 86.6 Å². The average molecular weight is 567 g/mol. The molecule has 3 aromatic rings. The van der Waals surface area contributed by atoms with Crippen molar-refractivity contribution >= 4 is 51.2 Å². The molecule has 0 aromatic carbocycles. The highest BCUT2D eigenvalue weighted by atomic mass is 16.5. The van der Waals surface area contributed by atoms with Crippen molar-refractivity contribution in [1.82, 2.24) is 19.9 Å². The number of nitrogens with zero attached hydrogens (tertiary/aromatic N) is 2. The van der Waals surface area contributed by atoms with Gasteiger partial charge in [0.05, 0.1) is 24.1 Å². The molecule has 0 fully saturated rings. The Balaban J connectivity index is 1.96. The number of ether oxygens (including phenoxy) is 1. The predicted molar refractivity (Wildman–Crippen MR) is 167 cm³/mol. The molecule has 0 radical (unpaired) electrons. The number of aromatic nitrogens is 4. The summed E-state index contributed by atoms with van der Waals surface area (Å²) >= 11 is 0. The van der Waals surface area contributed by atoms with Crippen molar-refractivity contribution in [2.45, 2.75) is 72.6 Å². The second kappa shape index (κ2) is 11.1. The van der Waals surface area contributed by atoms with Crippen LogP contribution in [0, 0.1) is 20.8 Å². The molecule has 8 heteroatoms. The van der Waals surface area contributed by atoms with E-state index in [1.807, 2.05) is 19.1 Å². The standard InChI is InChI=1S/C34H38N4O4/c1-9-21-16(3)24-13-26-18(5)23(11-12-30(39)42-8)32(37-26)20(7)33-31(34(40)41)19(6)27(38-33)15-29-22(10-2)17(4)25(36-29)14-28(21)35-24/h9,13-15,18,23,35-36H,1,10-12H2,2-8H3,(H,40,41)/t18-,23-/m0/s1. The van der Waals surface area contributed by atoms with E-state index in [9.17, 15) is 14.7 Å². The molecule has 5 heterocycles. The number of aryl methyl sites for hydroxylation is 3. The Bertz CT molecular complexity index is 1840. The first kappa shape index (κ1) is 29.0. The van der Waals surface area contributed by atoms with Gasteiger partial charge in [0.1, 0.15) is 0 Å². The SMILES string of the molecule is C=Cc1c(C)c2cc3nc(c(C)c4nc(cc5[nH]c(cc1[nH]2)c(C)c5CC)C(C)=C4C(=O)O)[C@@H](CCC(=O)OC)[C@@H]3C. The number of carboxylic acids is 1. The van der Waals surface area contributed by atoms with Crippen LogP contribution in [0.3, 0.4) is 0 Å². The number of methoxy groups -OCH3 is 1. The predicted octanol–water partition coefficient (Wildman–Crippen LogP) is 7.30. The quantitative estimate of drug-likeness (QED) is 0.269. The van der Waals surface area contributed by atoms with Crippen molar-refractivity contribution in [2.24, 2.45) is 0 Å². The lowest BCUT2D eigenvalue weighted by Crippen LogP contribution is -2.09. The molecular weight excluding hydrogens is 528 g/mol. The topological polar surface area (TPSA) is 121 Å². The van der Waals surface area contributed by atoms with Crippen molar-refractivity contribution in [3.8, 4) is 0 Å². The second-order valence-electron chi connectivity index (χ2n) is 11.2. The van der Waals surface area contributed by atoms with E-state index in [0.717, 1.165) is 62.1 Å². The summed E-state index contributed by atoms with van der Waals surface area (Å²) < 4.78 is 4.93. The van der Waals surface area contributed by atoms with Gasteiger partial charge in [-0.2, -0.15) is 0 Å². The molecule has 3 aromatic heterocycles. The first-order chi connectivity index (χ1) is 20.0. The first-order valence-corrected chi connectivity index (χ1v) is 14.4. The summed E-state index contributed by atoms with van der Waals surface area (Å²) in [5.74, 6) is -1.45. The van der Waals surface area contributed by atoms with E-state index in [-0.39, 0.29) is 29.8 Å². The minimum Gasteiger partial charge on any atom is -0.478 e. The third-order valence-corrected chi connectivity index (χ3v) is 8.98. The smallest absolute Gasteiger partial charge is 0.338 e. The average Bonchev–Trinajstić information content (AvgIpc) is 3.64. The van der Waals surface area contributed by atoms with Gasteiger partial charge in [0, 0.05) is 57.3 Å². The Kier molecular flexibility index (Phi) is 7.66. The van der Waals surface area contributed by atoms with Crippen LogP contribution in [0.15, 0.2) is 24.8 Å². The van der Waals surface area contributed by atoms with Crippen molar-refractivity contribution in [3.05, 3.63) is 75.4 Å². The monoisotopic (exact) mass is 566 g/mol. The number of aliphatic carboxylic acids is 1. The number of aromatic amines is 2. The lowest BCUT2D eigenvalue weighted by atomic mass is 9.85. The number of hydrogen-bond acceptors (Lipinski definition) is 5. The highest BCUT2D eigenvalue weighted by Crippen LogP contribution is 2.43. The van der Waals surface area contributed by atoms with Crippen LogP contribution in [0.1, 0.15) is 96.0 Å². The van der Waals surface area contributed by atoms with Gasteiger partial charge in [0.2, 0.25) is 0 Å². The van der Waals surface area contributed by atoms with E-state index in [2.05, 4.69) is 56.4 Å². The molecule has 0 spiro atoms. The molecule has 3 N–H and O–H groups in total. The van der Waals surface area contributed by atoms with Gasteiger partial charge < -0.3 is 19.8 Å². The molecule has 218 valence electrons. The van der Waals surface area contributed by atoms with Crippen molar-refractivity contribution in [1.29, 1.82) is 0 Å². The number of carbonyl (C=O) groups excluding carboxylic acids is 1. The maximum atomic E-state index is 12.6. The molecule has 2 aliphatic rings. The molecule has 2 atom stereocenters. The molecule has 2 aliphatic heterocycles. The summed E-state index contributed by atoms with van der Waals surface area (Å²) in [6, 6.07) is 6.12. The van der Waals surface area contributed by atoms with Crippen molar-refractivity contribution in [2.75, 3.05) is 7.11 Å². The van der Waals surface area contributed by atoms with E-state index < -0.39 is 5.97 Å². The lowest BCUT2D eigenvalue weighted by Gasteiger charge is -2.17. The van der Waals surface area contributed by atoms with Crippen LogP contribution >= 0.6 is 0 Å². The molecule has 5 rings (SSSR count). The van der Waals surface area contributed by atoms with Crippen LogP contribution in [0.4, 0.5) is 0 Å². The maximum Gasteiger partial charge on any atom is 0.338 e. The van der Waals surface area contributed by atoms with E-state index in [0.29, 0.717) is 28.9 Å². The molecule has 0 aliphatic carbocycles. The van der Waals surface area contributed by atoms with Crippen LogP contribution in [0.2, 0.25) is 0 Å². The summed E-state index contributed by atoms with van der Waals surface area (Å²) in [7, 11) is 1.39. The summed E-state index contributed by atoms with van der Waals surface area (Å²) in [5.41, 5.74) is 12.2. The molecule has 0 saturated carbocycles. The van der Waals surface area contributed by atoms with Crippen LogP contribution < -0.4 is 0 Å². The fraction of sp³-hybridized carbons (Fsp3) is 0.353. The number of nitrogens with one attached hydrogen (secondary N) is 2. The molecule has 8 nitrogen and oxygen atoms in total. The number of rotatable bonds is 6. The number of carboxylic acid groups (broad SMARTS) is 1. The number of carbonyl (C=O) groups is 2. The first-order valence-electron chi connectivity index (χ1n) is 14.4. The molecule has 0 unspecified atom stereocenters. The largest absolute Gasteiger partial charge is 0.478 e. The van der Waals surface area contributed by atoms with Crippen molar-refractivity contribution in [3.63, 3.8) is 0 Å². The Labute approximate surface area is 245 Å². The highest BCUT2D eigenvalue weighted by molar-refractivity contribution is 6.24. The Morgan fingerprint density at radius 1 is 1.00 bits per heavy atom. The zero-order valence-electron chi connectivity index (χ0n) is 25.4. The van der Waals surface area contributed by atoms with Crippen LogP contribution in [-0.2, 0) is 20.7 Å². The minimum absolute atomic E-state index is 0.0205. The Morgan fingerprint density at radius 2 is 1.69 bits per heavy atom. The fourth-order valence-corrected chi connectivity index (χ4v) is 6.42. The second-order valence-corrected chi connectivity index (χ2v) is 11.2. The third kappa shape index (κ3) is 4.74. The van der Waals surface area contributed by atoms with Gasteiger partial charge in [0.25, 0.3) is 0 Å². The summed E-state index contributed by atoms with van der Waals surface area (Å²) in [6.45, 7) is 16.1. The van der Waals surface area contributed by atoms with E-state index in [1.54, 1.807) is 6.92 Å². The number of H-pyrrole nitrogens is 2. The summed E-state index contributed by atoms with van der Waals surface area (Å²) in [4.78, 5) is 41.9. The van der Waals surface area contributed by atoms with Gasteiger partial charge >= 0.3 is 11.9 Å². The number of hydrogen-bond donors (Lipinski definition) is 3. The molecule has 0 saturated heterocycles. The van der Waals surface area contributed by atoms with Gasteiger partial charge in [-0.3, -0.25) is 9.78 Å². The summed E-state index contributed by atoms with van der Waals surface area (Å²) in [5, 5.41) is 10.3. The van der Waals surface area contributed by atoms with Gasteiger partial charge in [-0.1, -0.05) is 26.5 Å². The van der Waals surface area contributed by atoms with Gasteiger partial charge in [-0.25, -0.2) is 9.78 Å². The minimum atomic E-state index is -1.03. The number of esters is 1.